The van der Waals surface area contributed by atoms with Crippen molar-refractivity contribution in [3.05, 3.63) is 23.8 Å². The van der Waals surface area contributed by atoms with E-state index in [1.54, 1.807) is 25.1 Å². The molecule has 0 fully saturated rings. The molecule has 0 bridgehead atoms. The summed E-state index contributed by atoms with van der Waals surface area (Å²) < 4.78 is 4.83. The average molecular weight is 195 g/mol. The van der Waals surface area contributed by atoms with Crippen LogP contribution in [-0.2, 0) is 4.79 Å². The SMILES string of the molecule is CC(=O)Oc1ccc(C(C)O)cc1N. The third kappa shape index (κ3) is 2.47. The van der Waals surface area contributed by atoms with Gasteiger partial charge in [0, 0.05) is 6.92 Å². The monoisotopic (exact) mass is 195 g/mol. The largest absolute Gasteiger partial charge is 0.425 e. The summed E-state index contributed by atoms with van der Waals surface area (Å²) in [6.45, 7) is 2.95. The standard InChI is InChI=1S/C10H13NO3/c1-6(12)8-3-4-10(9(11)5-8)14-7(2)13/h3-6,12H,11H2,1-2H3. The van der Waals surface area contributed by atoms with Crippen LogP contribution in [0, 0.1) is 0 Å². The van der Waals surface area contributed by atoms with Gasteiger partial charge in [-0.15, -0.1) is 0 Å². The second kappa shape index (κ2) is 4.11. The smallest absolute Gasteiger partial charge is 0.308 e. The molecule has 1 rings (SSSR count). The highest BCUT2D eigenvalue weighted by Gasteiger charge is 2.06. The van der Waals surface area contributed by atoms with E-state index in [0.29, 0.717) is 17.0 Å². The number of hydrogen-bond acceptors (Lipinski definition) is 4. The van der Waals surface area contributed by atoms with Crippen molar-refractivity contribution in [2.24, 2.45) is 0 Å². The van der Waals surface area contributed by atoms with Crippen LogP contribution in [0.5, 0.6) is 5.75 Å². The Balaban J connectivity index is 2.95. The van der Waals surface area contributed by atoms with Crippen LogP contribution in [0.25, 0.3) is 0 Å². The Hall–Kier alpha value is -1.55. The molecule has 0 heterocycles. The first-order valence-electron chi connectivity index (χ1n) is 4.26. The third-order valence-electron chi connectivity index (χ3n) is 1.77. The lowest BCUT2D eigenvalue weighted by Crippen LogP contribution is -2.04. The van der Waals surface area contributed by atoms with E-state index in [-0.39, 0.29) is 0 Å². The molecule has 1 atom stereocenters. The lowest BCUT2D eigenvalue weighted by Gasteiger charge is -2.09. The maximum absolute atomic E-state index is 10.7. The number of ether oxygens (including phenoxy) is 1. The molecular formula is C10H13NO3. The molecule has 0 spiro atoms. The van der Waals surface area contributed by atoms with E-state index in [1.165, 1.54) is 6.92 Å². The van der Waals surface area contributed by atoms with Gasteiger partial charge in [-0.2, -0.15) is 0 Å². The second-order valence-electron chi connectivity index (χ2n) is 3.07. The molecule has 1 unspecified atom stereocenters. The van der Waals surface area contributed by atoms with Gasteiger partial charge >= 0.3 is 5.97 Å². The molecule has 0 saturated heterocycles. The zero-order valence-corrected chi connectivity index (χ0v) is 8.15. The van der Waals surface area contributed by atoms with Gasteiger partial charge in [0.2, 0.25) is 0 Å². The summed E-state index contributed by atoms with van der Waals surface area (Å²) in [7, 11) is 0. The third-order valence-corrected chi connectivity index (χ3v) is 1.77. The summed E-state index contributed by atoms with van der Waals surface area (Å²) in [6, 6.07) is 4.82. The minimum absolute atomic E-state index is 0.321. The number of nitrogens with two attached hydrogens (primary N) is 1. The Kier molecular flexibility index (Phi) is 3.09. The quantitative estimate of drug-likeness (QED) is 0.423. The van der Waals surface area contributed by atoms with Crippen molar-refractivity contribution < 1.29 is 14.6 Å². The van der Waals surface area contributed by atoms with Gasteiger partial charge in [-0.25, -0.2) is 0 Å². The molecule has 1 aromatic rings. The van der Waals surface area contributed by atoms with Gasteiger partial charge in [0.15, 0.2) is 5.75 Å². The topological polar surface area (TPSA) is 72.5 Å². The maximum atomic E-state index is 10.7. The van der Waals surface area contributed by atoms with Crippen molar-refractivity contribution in [1.29, 1.82) is 0 Å². The van der Waals surface area contributed by atoms with Gasteiger partial charge in [-0.05, 0) is 24.6 Å². The number of benzene rings is 1. The van der Waals surface area contributed by atoms with Crippen LogP contribution in [0.4, 0.5) is 5.69 Å². The molecule has 4 nitrogen and oxygen atoms in total. The van der Waals surface area contributed by atoms with Crippen molar-refractivity contribution in [2.75, 3.05) is 5.73 Å². The van der Waals surface area contributed by atoms with Crippen LogP contribution >= 0.6 is 0 Å². The fourth-order valence-electron chi connectivity index (χ4n) is 1.07. The highest BCUT2D eigenvalue weighted by atomic mass is 16.5. The van der Waals surface area contributed by atoms with Gasteiger partial charge in [-0.1, -0.05) is 6.07 Å². The zero-order chi connectivity index (χ0) is 10.7. The number of carbonyl (C=O) groups is 1. The number of hydrogen-bond donors (Lipinski definition) is 2. The molecule has 1 aromatic carbocycles. The predicted octanol–water partition coefficient (Wildman–Crippen LogP) is 1.25. The summed E-state index contributed by atoms with van der Waals surface area (Å²) in [4.78, 5) is 10.7. The summed E-state index contributed by atoms with van der Waals surface area (Å²) in [6.07, 6.45) is -0.580. The Bertz CT molecular complexity index is 347. The Morgan fingerprint density at radius 2 is 2.21 bits per heavy atom. The number of esters is 1. The number of rotatable bonds is 2. The van der Waals surface area contributed by atoms with E-state index in [2.05, 4.69) is 0 Å². The molecule has 0 aliphatic carbocycles. The summed E-state index contributed by atoms with van der Waals surface area (Å²) >= 11 is 0. The lowest BCUT2D eigenvalue weighted by atomic mass is 10.1. The average Bonchev–Trinajstić information content (AvgIpc) is 2.07. The van der Waals surface area contributed by atoms with E-state index >= 15 is 0 Å². The van der Waals surface area contributed by atoms with E-state index in [4.69, 9.17) is 10.5 Å². The second-order valence-corrected chi connectivity index (χ2v) is 3.07. The van der Waals surface area contributed by atoms with Crippen molar-refractivity contribution in [3.8, 4) is 5.75 Å². The predicted molar refractivity (Wildman–Crippen MR) is 52.8 cm³/mol. The van der Waals surface area contributed by atoms with Crippen LogP contribution in [-0.4, -0.2) is 11.1 Å². The van der Waals surface area contributed by atoms with Gasteiger partial charge in [0.1, 0.15) is 0 Å². The van der Waals surface area contributed by atoms with Gasteiger partial charge in [0.25, 0.3) is 0 Å². The van der Waals surface area contributed by atoms with E-state index in [9.17, 15) is 9.90 Å². The molecule has 76 valence electrons. The van der Waals surface area contributed by atoms with E-state index < -0.39 is 12.1 Å². The number of aliphatic hydroxyl groups excluding tert-OH is 1. The normalized spacial score (nSPS) is 12.2. The molecule has 0 saturated carbocycles. The van der Waals surface area contributed by atoms with Crippen molar-refractivity contribution in [3.63, 3.8) is 0 Å². The summed E-state index contributed by atoms with van der Waals surface area (Å²) in [5, 5.41) is 9.26. The minimum atomic E-state index is -0.580. The maximum Gasteiger partial charge on any atom is 0.308 e. The van der Waals surface area contributed by atoms with Crippen LogP contribution < -0.4 is 10.5 Å². The molecule has 0 aliphatic heterocycles. The van der Waals surface area contributed by atoms with Crippen LogP contribution in [0.1, 0.15) is 25.5 Å². The molecule has 0 amide bonds. The van der Waals surface area contributed by atoms with E-state index in [1.807, 2.05) is 0 Å². The number of aliphatic hydroxyl groups is 1. The fraction of sp³-hybridized carbons (Fsp3) is 0.300. The van der Waals surface area contributed by atoms with Gasteiger partial charge < -0.3 is 15.6 Å². The fourth-order valence-corrected chi connectivity index (χ4v) is 1.07. The van der Waals surface area contributed by atoms with Gasteiger partial charge in [0.05, 0.1) is 11.8 Å². The Morgan fingerprint density at radius 1 is 1.57 bits per heavy atom. The Labute approximate surface area is 82.3 Å². The zero-order valence-electron chi connectivity index (χ0n) is 8.15. The molecule has 3 N–H and O–H groups in total. The molecular weight excluding hydrogens is 182 g/mol. The summed E-state index contributed by atoms with van der Waals surface area (Å²) in [5.41, 5.74) is 6.66. The van der Waals surface area contributed by atoms with Gasteiger partial charge in [-0.3, -0.25) is 4.79 Å². The molecule has 4 heteroatoms. The van der Waals surface area contributed by atoms with E-state index in [0.717, 1.165) is 0 Å². The molecule has 0 aromatic heterocycles. The minimum Gasteiger partial charge on any atom is -0.425 e. The molecule has 14 heavy (non-hydrogen) atoms. The highest BCUT2D eigenvalue weighted by molar-refractivity contribution is 5.72. The number of carbonyl (C=O) groups excluding carboxylic acids is 1. The van der Waals surface area contributed by atoms with Crippen LogP contribution in [0.3, 0.4) is 0 Å². The van der Waals surface area contributed by atoms with Crippen LogP contribution in [0.15, 0.2) is 18.2 Å². The Morgan fingerprint density at radius 3 is 2.64 bits per heavy atom. The van der Waals surface area contributed by atoms with Crippen molar-refractivity contribution in [2.45, 2.75) is 20.0 Å². The van der Waals surface area contributed by atoms with Crippen LogP contribution in [0.2, 0.25) is 0 Å². The number of anilines is 1. The van der Waals surface area contributed by atoms with Crippen molar-refractivity contribution >= 4 is 11.7 Å². The first-order valence-corrected chi connectivity index (χ1v) is 4.26. The first-order chi connectivity index (χ1) is 6.50. The lowest BCUT2D eigenvalue weighted by molar-refractivity contribution is -0.131. The molecule has 0 radical (unpaired) electrons. The highest BCUT2D eigenvalue weighted by Crippen LogP contribution is 2.25. The molecule has 0 aliphatic rings. The number of nitrogen functional groups attached to an aromatic ring is 1. The summed E-state index contributed by atoms with van der Waals surface area (Å²) in [5.74, 6) is -0.0941. The van der Waals surface area contributed by atoms with Crippen molar-refractivity contribution in [1.82, 2.24) is 0 Å². The first kappa shape index (κ1) is 10.5.